The number of hydrogen-bond donors (Lipinski definition) is 2. The number of amides is 1. The van der Waals surface area contributed by atoms with Crippen LogP contribution in [0.5, 0.6) is 0 Å². The number of nitriles is 1. The first-order valence-corrected chi connectivity index (χ1v) is 6.73. The fraction of sp³-hybridized carbons (Fsp3) is 0.0625. The molecule has 0 aromatic heterocycles. The van der Waals surface area contributed by atoms with Crippen molar-refractivity contribution in [2.45, 2.75) is 0 Å². The molecule has 1 amide bonds. The van der Waals surface area contributed by atoms with Gasteiger partial charge in [0.2, 0.25) is 5.91 Å². The van der Waals surface area contributed by atoms with Gasteiger partial charge in [-0.1, -0.05) is 48.6 Å². The minimum absolute atomic E-state index is 0.178. The molecule has 2 aromatic rings. The zero-order valence-electron chi connectivity index (χ0n) is 11.1. The predicted octanol–water partition coefficient (Wildman–Crippen LogP) is 3.20. The second-order valence-electron chi connectivity index (χ2n) is 4.27. The quantitative estimate of drug-likeness (QED) is 0.850. The lowest BCUT2D eigenvalue weighted by molar-refractivity contribution is -0.116. The highest BCUT2D eigenvalue weighted by atomic mass is 32.1. The highest BCUT2D eigenvalue weighted by Crippen LogP contribution is 2.12. The Bertz CT molecular complexity index is 611. The monoisotopic (exact) mass is 295 g/mol. The molecule has 2 aromatic carbocycles. The minimum Gasteiger partial charge on any atom is -0.348 e. The molecule has 1 atom stereocenters. The summed E-state index contributed by atoms with van der Waals surface area (Å²) in [7, 11) is 0. The van der Waals surface area contributed by atoms with E-state index in [1.165, 1.54) is 0 Å². The summed E-state index contributed by atoms with van der Waals surface area (Å²) in [5.41, 5.74) is 1.38. The second kappa shape index (κ2) is 7.17. The van der Waals surface area contributed by atoms with Crippen LogP contribution in [0.3, 0.4) is 0 Å². The fourth-order valence-electron chi connectivity index (χ4n) is 1.71. The average Bonchev–Trinajstić information content (AvgIpc) is 2.50. The molecule has 2 rings (SSSR count). The van der Waals surface area contributed by atoms with Crippen LogP contribution < -0.4 is 10.6 Å². The van der Waals surface area contributed by atoms with Crippen LogP contribution in [0.25, 0.3) is 0 Å². The first-order chi connectivity index (χ1) is 10.2. The van der Waals surface area contributed by atoms with Gasteiger partial charge in [-0.15, -0.1) is 0 Å². The van der Waals surface area contributed by atoms with E-state index < -0.39 is 11.8 Å². The number of hydrogen-bond acceptors (Lipinski definition) is 3. The van der Waals surface area contributed by atoms with Gasteiger partial charge < -0.3 is 10.6 Å². The van der Waals surface area contributed by atoms with Gasteiger partial charge in [-0.05, 0) is 24.3 Å². The molecule has 21 heavy (non-hydrogen) atoms. The van der Waals surface area contributed by atoms with E-state index in [0.717, 1.165) is 5.69 Å². The number of carbonyl (C=O) groups excluding carboxylic acids is 1. The van der Waals surface area contributed by atoms with Crippen LogP contribution in [0.15, 0.2) is 60.7 Å². The molecule has 0 fully saturated rings. The molecule has 0 aliphatic heterocycles. The molecule has 0 spiro atoms. The van der Waals surface area contributed by atoms with Crippen LogP contribution in [0.2, 0.25) is 0 Å². The van der Waals surface area contributed by atoms with Crippen molar-refractivity contribution in [3.63, 3.8) is 0 Å². The average molecular weight is 295 g/mol. The standard InChI is InChI=1S/C16H13N3OS/c17-11-14(15(20)18-12-7-3-1-4-8-12)16(21)19-13-9-5-2-6-10-13/h1-10,14H,(H,18,20)(H,19,21). The molecular formula is C16H13N3OS. The van der Waals surface area contributed by atoms with Crippen LogP contribution in [0.4, 0.5) is 11.4 Å². The normalized spacial score (nSPS) is 11.0. The van der Waals surface area contributed by atoms with E-state index in [2.05, 4.69) is 10.6 Å². The zero-order chi connectivity index (χ0) is 15.1. The van der Waals surface area contributed by atoms with Gasteiger partial charge in [-0.2, -0.15) is 5.26 Å². The van der Waals surface area contributed by atoms with E-state index in [4.69, 9.17) is 12.2 Å². The number of rotatable bonds is 4. The number of anilines is 2. The molecular weight excluding hydrogens is 282 g/mol. The third-order valence-electron chi connectivity index (χ3n) is 2.74. The van der Waals surface area contributed by atoms with Gasteiger partial charge in [0.05, 0.1) is 6.07 Å². The summed E-state index contributed by atoms with van der Waals surface area (Å²) in [5.74, 6) is -1.49. The summed E-state index contributed by atoms with van der Waals surface area (Å²) in [5, 5.41) is 14.8. The van der Waals surface area contributed by atoms with Crippen LogP contribution in [-0.2, 0) is 4.79 Å². The number of carbonyl (C=O) groups is 1. The third-order valence-corrected chi connectivity index (χ3v) is 3.07. The van der Waals surface area contributed by atoms with Gasteiger partial charge in [0, 0.05) is 11.4 Å². The summed E-state index contributed by atoms with van der Waals surface area (Å²) in [4.78, 5) is 12.3. The van der Waals surface area contributed by atoms with E-state index in [9.17, 15) is 10.1 Å². The van der Waals surface area contributed by atoms with Crippen LogP contribution in [0, 0.1) is 17.2 Å². The molecule has 4 nitrogen and oxygen atoms in total. The third kappa shape index (κ3) is 4.13. The van der Waals surface area contributed by atoms with Gasteiger partial charge in [0.25, 0.3) is 0 Å². The van der Waals surface area contributed by atoms with E-state index in [0.29, 0.717) is 5.69 Å². The van der Waals surface area contributed by atoms with Crippen molar-refractivity contribution in [1.29, 1.82) is 5.26 Å². The summed E-state index contributed by atoms with van der Waals surface area (Å²) < 4.78 is 0. The maximum absolute atomic E-state index is 12.1. The van der Waals surface area contributed by atoms with Gasteiger partial charge in [-0.3, -0.25) is 4.79 Å². The Morgan fingerprint density at radius 2 is 1.43 bits per heavy atom. The lowest BCUT2D eigenvalue weighted by atomic mass is 10.1. The molecule has 0 aliphatic rings. The highest BCUT2D eigenvalue weighted by Gasteiger charge is 2.23. The molecule has 0 radical (unpaired) electrons. The topological polar surface area (TPSA) is 64.9 Å². The maximum atomic E-state index is 12.1. The van der Waals surface area contributed by atoms with E-state index >= 15 is 0 Å². The summed E-state index contributed by atoms with van der Waals surface area (Å²) >= 11 is 5.15. The SMILES string of the molecule is N#CC(C(=O)Nc1ccccc1)C(=S)Nc1ccccc1. The Morgan fingerprint density at radius 3 is 1.90 bits per heavy atom. The molecule has 0 bridgehead atoms. The van der Waals surface area contributed by atoms with Crippen molar-refractivity contribution in [1.82, 2.24) is 0 Å². The van der Waals surface area contributed by atoms with Crippen molar-refractivity contribution >= 4 is 34.5 Å². The molecule has 0 saturated heterocycles. The van der Waals surface area contributed by atoms with E-state index in [1.54, 1.807) is 24.3 Å². The first kappa shape index (κ1) is 14.7. The van der Waals surface area contributed by atoms with Crippen LogP contribution in [0.1, 0.15) is 0 Å². The van der Waals surface area contributed by atoms with Gasteiger partial charge in [0.1, 0.15) is 4.99 Å². The summed E-state index contributed by atoms with van der Waals surface area (Å²) in [6.07, 6.45) is 0. The number of para-hydroxylation sites is 2. The maximum Gasteiger partial charge on any atom is 0.248 e. The molecule has 0 heterocycles. The van der Waals surface area contributed by atoms with Crippen LogP contribution in [-0.4, -0.2) is 10.9 Å². The van der Waals surface area contributed by atoms with Crippen molar-refractivity contribution in [3.05, 3.63) is 60.7 Å². The number of thiocarbonyl (C=S) groups is 1. The Morgan fingerprint density at radius 1 is 0.952 bits per heavy atom. The number of nitrogens with zero attached hydrogens (tertiary/aromatic N) is 1. The Hall–Kier alpha value is -2.71. The van der Waals surface area contributed by atoms with Crippen molar-refractivity contribution in [2.75, 3.05) is 10.6 Å². The largest absolute Gasteiger partial charge is 0.348 e. The van der Waals surface area contributed by atoms with Crippen molar-refractivity contribution in [2.24, 2.45) is 5.92 Å². The predicted molar refractivity (Wildman–Crippen MR) is 86.8 cm³/mol. The first-order valence-electron chi connectivity index (χ1n) is 6.32. The lowest BCUT2D eigenvalue weighted by Gasteiger charge is -2.13. The van der Waals surface area contributed by atoms with Crippen LogP contribution >= 0.6 is 12.2 Å². The van der Waals surface area contributed by atoms with Gasteiger partial charge in [-0.25, -0.2) is 0 Å². The van der Waals surface area contributed by atoms with Crippen molar-refractivity contribution < 1.29 is 4.79 Å². The molecule has 5 heteroatoms. The summed E-state index contributed by atoms with van der Waals surface area (Å²) in [6.45, 7) is 0. The van der Waals surface area contributed by atoms with Gasteiger partial charge >= 0.3 is 0 Å². The fourth-order valence-corrected chi connectivity index (χ4v) is 1.99. The molecule has 0 saturated carbocycles. The minimum atomic E-state index is -1.04. The Balaban J connectivity index is 2.04. The molecule has 1 unspecified atom stereocenters. The molecule has 2 N–H and O–H groups in total. The zero-order valence-corrected chi connectivity index (χ0v) is 11.9. The highest BCUT2D eigenvalue weighted by molar-refractivity contribution is 7.80. The second-order valence-corrected chi connectivity index (χ2v) is 4.71. The lowest BCUT2D eigenvalue weighted by Crippen LogP contribution is -2.31. The molecule has 104 valence electrons. The smallest absolute Gasteiger partial charge is 0.248 e. The Kier molecular flexibility index (Phi) is 5.02. The van der Waals surface area contributed by atoms with Crippen molar-refractivity contribution in [3.8, 4) is 6.07 Å². The number of benzene rings is 2. The summed E-state index contributed by atoms with van der Waals surface area (Å²) in [6, 6.07) is 20.1. The Labute approximate surface area is 128 Å². The van der Waals surface area contributed by atoms with E-state index in [1.807, 2.05) is 42.5 Å². The van der Waals surface area contributed by atoms with Gasteiger partial charge in [0.15, 0.2) is 5.92 Å². The molecule has 0 aliphatic carbocycles. The van der Waals surface area contributed by atoms with E-state index in [-0.39, 0.29) is 4.99 Å². The number of nitrogens with one attached hydrogen (secondary N) is 2.